The minimum Gasteiger partial charge on any atom is -0.466 e. The first-order valence-electron chi connectivity index (χ1n) is 9.20. The number of dihydropyridines is 1. The Labute approximate surface area is 183 Å². The fourth-order valence-electron chi connectivity index (χ4n) is 3.55. The van der Waals surface area contributed by atoms with Gasteiger partial charge in [0, 0.05) is 11.3 Å². The second kappa shape index (κ2) is 9.07. The molecule has 12 heteroatoms. The van der Waals surface area contributed by atoms with Crippen molar-refractivity contribution in [1.82, 2.24) is 5.32 Å². The number of halogens is 6. The molecule has 1 aromatic carbocycles. The largest absolute Gasteiger partial charge is 0.466 e. The molecule has 1 saturated heterocycles. The molecule has 1 aromatic rings. The Bertz CT molecular complexity index is 1020. The van der Waals surface area contributed by atoms with Gasteiger partial charge in [0.1, 0.15) is 18.6 Å². The van der Waals surface area contributed by atoms with Crippen molar-refractivity contribution < 1.29 is 45.8 Å². The number of carbonyl (C=O) groups excluding carboxylic acids is 2. The lowest BCUT2D eigenvalue weighted by Gasteiger charge is -2.34. The van der Waals surface area contributed by atoms with E-state index in [1.54, 1.807) is 0 Å². The monoisotopic (exact) mass is 481 g/mol. The van der Waals surface area contributed by atoms with E-state index in [9.17, 15) is 31.5 Å². The van der Waals surface area contributed by atoms with Gasteiger partial charge in [0.25, 0.3) is 0 Å². The normalized spacial score (nSPS) is 19.4. The predicted octanol–water partition coefficient (Wildman–Crippen LogP) is 3.80. The molecule has 0 radical (unpaired) electrons. The van der Waals surface area contributed by atoms with Gasteiger partial charge >= 0.3 is 18.1 Å². The minimum atomic E-state index is -5.17. The molecule has 2 aliphatic rings. The molecule has 0 bridgehead atoms. The van der Waals surface area contributed by atoms with E-state index < -0.39 is 75.6 Å². The molecule has 0 saturated carbocycles. The summed E-state index contributed by atoms with van der Waals surface area (Å²) in [6.07, 6.45) is -5.84. The summed E-state index contributed by atoms with van der Waals surface area (Å²) in [7, 11) is 0.913. The van der Waals surface area contributed by atoms with Crippen LogP contribution in [0.25, 0.3) is 0 Å². The second-order valence-electron chi connectivity index (χ2n) is 6.99. The van der Waals surface area contributed by atoms with Crippen molar-refractivity contribution in [2.45, 2.75) is 25.1 Å². The Morgan fingerprint density at radius 2 is 1.88 bits per heavy atom. The van der Waals surface area contributed by atoms with E-state index >= 15 is 0 Å². The molecule has 174 valence electrons. The minimum absolute atomic E-state index is 0.0604. The third kappa shape index (κ3) is 4.31. The fourth-order valence-corrected chi connectivity index (χ4v) is 3.82. The van der Waals surface area contributed by atoms with Crippen LogP contribution >= 0.6 is 11.6 Å². The number of ether oxygens (including phenoxy) is 3. The molecule has 1 fully saturated rings. The average Bonchev–Trinajstić information content (AvgIpc) is 2.69. The van der Waals surface area contributed by atoms with Crippen molar-refractivity contribution in [3.63, 3.8) is 0 Å². The van der Waals surface area contributed by atoms with Crippen molar-refractivity contribution in [1.29, 1.82) is 0 Å². The van der Waals surface area contributed by atoms with Gasteiger partial charge in [0.05, 0.1) is 53.7 Å². The van der Waals surface area contributed by atoms with Crippen LogP contribution < -0.4 is 5.32 Å². The SMILES string of the molecule is COC(=O)C1=C(CF)NC(C)=C(C(=O)OC2COC2)C1c1c(F)ccc(Cl)c1C(F)(F)F. The summed E-state index contributed by atoms with van der Waals surface area (Å²) in [5, 5.41) is 1.61. The fraction of sp³-hybridized carbons (Fsp3) is 0.400. The molecule has 32 heavy (non-hydrogen) atoms. The first kappa shape index (κ1) is 24.0. The zero-order valence-corrected chi connectivity index (χ0v) is 17.5. The lowest BCUT2D eigenvalue weighted by Crippen LogP contribution is -2.41. The summed E-state index contributed by atoms with van der Waals surface area (Å²) in [5.41, 5.74) is -4.53. The maximum Gasteiger partial charge on any atom is 0.418 e. The van der Waals surface area contributed by atoms with Crippen LogP contribution in [0.5, 0.6) is 0 Å². The van der Waals surface area contributed by atoms with Gasteiger partial charge in [-0.25, -0.2) is 18.4 Å². The number of benzene rings is 1. The molecule has 1 atom stereocenters. The average molecular weight is 482 g/mol. The number of alkyl halides is 4. The third-order valence-corrected chi connectivity index (χ3v) is 5.31. The van der Waals surface area contributed by atoms with Crippen molar-refractivity contribution >= 4 is 23.5 Å². The van der Waals surface area contributed by atoms with Crippen LogP contribution in [0.2, 0.25) is 5.02 Å². The van der Waals surface area contributed by atoms with E-state index in [0.29, 0.717) is 12.1 Å². The smallest absolute Gasteiger partial charge is 0.418 e. The highest BCUT2D eigenvalue weighted by molar-refractivity contribution is 6.31. The number of methoxy groups -OCH3 is 1. The van der Waals surface area contributed by atoms with Gasteiger partial charge in [-0.2, -0.15) is 13.2 Å². The van der Waals surface area contributed by atoms with Crippen LogP contribution in [-0.2, 0) is 30.0 Å². The van der Waals surface area contributed by atoms with Gasteiger partial charge in [0.2, 0.25) is 0 Å². The van der Waals surface area contributed by atoms with E-state index in [4.69, 9.17) is 21.1 Å². The molecular weight excluding hydrogens is 465 g/mol. The maximum atomic E-state index is 15.0. The van der Waals surface area contributed by atoms with Crippen LogP contribution in [-0.4, -0.2) is 45.0 Å². The van der Waals surface area contributed by atoms with E-state index in [2.05, 4.69) is 10.1 Å². The van der Waals surface area contributed by atoms with Crippen LogP contribution in [0, 0.1) is 5.82 Å². The molecule has 1 N–H and O–H groups in total. The lowest BCUT2D eigenvalue weighted by molar-refractivity contribution is -0.168. The second-order valence-corrected chi connectivity index (χ2v) is 7.40. The van der Waals surface area contributed by atoms with Crippen LogP contribution in [0.1, 0.15) is 24.0 Å². The zero-order chi connectivity index (χ0) is 23.8. The summed E-state index contributed by atoms with van der Waals surface area (Å²) in [6, 6.07) is 1.36. The number of allylic oxidation sites excluding steroid dienone is 2. The zero-order valence-electron chi connectivity index (χ0n) is 16.7. The Morgan fingerprint density at radius 1 is 1.22 bits per heavy atom. The van der Waals surface area contributed by atoms with Crippen molar-refractivity contribution in [2.24, 2.45) is 0 Å². The van der Waals surface area contributed by atoms with Crippen molar-refractivity contribution in [3.05, 3.63) is 56.6 Å². The van der Waals surface area contributed by atoms with Gasteiger partial charge < -0.3 is 19.5 Å². The first-order chi connectivity index (χ1) is 15.0. The summed E-state index contributed by atoms with van der Waals surface area (Å²) >= 11 is 5.76. The molecule has 0 aromatic heterocycles. The Hall–Kier alpha value is -2.66. The van der Waals surface area contributed by atoms with E-state index in [1.165, 1.54) is 6.92 Å². The third-order valence-electron chi connectivity index (χ3n) is 5.00. The van der Waals surface area contributed by atoms with E-state index in [1.807, 2.05) is 0 Å². The predicted molar refractivity (Wildman–Crippen MR) is 101 cm³/mol. The number of esters is 2. The van der Waals surface area contributed by atoms with E-state index in [0.717, 1.165) is 7.11 Å². The highest BCUT2D eigenvalue weighted by atomic mass is 35.5. The first-order valence-corrected chi connectivity index (χ1v) is 9.57. The molecule has 3 rings (SSSR count). The van der Waals surface area contributed by atoms with Crippen molar-refractivity contribution in [3.8, 4) is 0 Å². The Morgan fingerprint density at radius 3 is 2.38 bits per heavy atom. The van der Waals surface area contributed by atoms with Gasteiger partial charge in [-0.3, -0.25) is 0 Å². The summed E-state index contributed by atoms with van der Waals surface area (Å²) in [6.45, 7) is 0.0523. The quantitative estimate of drug-likeness (QED) is 0.509. The molecule has 0 spiro atoms. The molecular formula is C20H17ClF5NO5. The number of carbonyl (C=O) groups is 2. The number of nitrogens with one attached hydrogen (secondary N) is 1. The van der Waals surface area contributed by atoms with Crippen LogP contribution in [0.4, 0.5) is 22.0 Å². The Balaban J connectivity index is 2.32. The van der Waals surface area contributed by atoms with Crippen LogP contribution in [0.3, 0.4) is 0 Å². The molecule has 2 heterocycles. The summed E-state index contributed by atoms with van der Waals surface area (Å²) in [4.78, 5) is 25.4. The number of hydrogen-bond donors (Lipinski definition) is 1. The molecule has 0 aliphatic carbocycles. The summed E-state index contributed by atoms with van der Waals surface area (Å²) in [5.74, 6) is -5.79. The van der Waals surface area contributed by atoms with Gasteiger partial charge in [-0.05, 0) is 19.1 Å². The Kier molecular flexibility index (Phi) is 6.80. The van der Waals surface area contributed by atoms with Crippen LogP contribution in [0.15, 0.2) is 34.7 Å². The highest BCUT2D eigenvalue weighted by Crippen LogP contribution is 2.48. The molecule has 1 unspecified atom stereocenters. The molecule has 0 amide bonds. The molecule has 6 nitrogen and oxygen atoms in total. The molecule has 2 aliphatic heterocycles. The number of hydrogen-bond acceptors (Lipinski definition) is 6. The highest BCUT2D eigenvalue weighted by Gasteiger charge is 2.47. The van der Waals surface area contributed by atoms with E-state index in [-0.39, 0.29) is 18.9 Å². The number of rotatable bonds is 5. The van der Waals surface area contributed by atoms with Gasteiger partial charge in [-0.1, -0.05) is 11.6 Å². The lowest BCUT2D eigenvalue weighted by atomic mass is 9.78. The standard InChI is InChI=1S/C20H17ClF5NO5/c1-8-13(19(29)32-9-6-31-7-9)16(15(18(28)30-2)12(5-22)27-8)14-11(23)4-3-10(21)17(14)20(24,25)26/h3-4,9,16,27H,5-7H2,1-2H3. The topological polar surface area (TPSA) is 73.9 Å². The van der Waals surface area contributed by atoms with Gasteiger partial charge in [0.15, 0.2) is 0 Å². The van der Waals surface area contributed by atoms with Gasteiger partial charge in [-0.15, -0.1) is 0 Å². The maximum absolute atomic E-state index is 15.0. The van der Waals surface area contributed by atoms with Crippen molar-refractivity contribution in [2.75, 3.05) is 27.0 Å². The summed E-state index contributed by atoms with van der Waals surface area (Å²) < 4.78 is 85.2.